The predicted octanol–water partition coefficient (Wildman–Crippen LogP) is 0.624. The molecule has 1 rings (SSSR count). The Hall–Kier alpha value is -2.08. The molecule has 17 heavy (non-hydrogen) atoms. The molecule has 0 aromatic heterocycles. The van der Waals surface area contributed by atoms with Gasteiger partial charge in [-0.3, -0.25) is 4.79 Å². The maximum Gasteiger partial charge on any atom is 0.339 e. The molecule has 0 spiro atoms. The van der Waals surface area contributed by atoms with Crippen molar-refractivity contribution in [3.05, 3.63) is 23.8 Å². The van der Waals surface area contributed by atoms with Crippen LogP contribution in [-0.4, -0.2) is 28.6 Å². The van der Waals surface area contributed by atoms with Crippen molar-refractivity contribution in [3.8, 4) is 5.75 Å². The first-order valence-corrected chi connectivity index (χ1v) is 5.03. The van der Waals surface area contributed by atoms with Crippen LogP contribution >= 0.6 is 0 Å². The van der Waals surface area contributed by atoms with Crippen molar-refractivity contribution in [1.29, 1.82) is 0 Å². The molecule has 0 aliphatic carbocycles. The number of carboxylic acids is 1. The zero-order valence-corrected chi connectivity index (χ0v) is 9.30. The number of hydrogen-bond donors (Lipinski definition) is 4. The molecule has 0 aliphatic heterocycles. The molecule has 5 N–H and O–H groups in total. The lowest BCUT2D eigenvalue weighted by Crippen LogP contribution is -2.26. The van der Waals surface area contributed by atoms with Crippen LogP contribution in [0.25, 0.3) is 0 Å². The van der Waals surface area contributed by atoms with Crippen molar-refractivity contribution in [2.45, 2.75) is 6.92 Å². The van der Waals surface area contributed by atoms with Gasteiger partial charge < -0.3 is 21.3 Å². The Bertz CT molecular complexity index is 445. The van der Waals surface area contributed by atoms with Gasteiger partial charge >= 0.3 is 5.97 Å². The zero-order valence-electron chi connectivity index (χ0n) is 9.30. The van der Waals surface area contributed by atoms with Gasteiger partial charge in [0.05, 0.1) is 0 Å². The maximum atomic E-state index is 11.5. The van der Waals surface area contributed by atoms with Gasteiger partial charge in [0, 0.05) is 24.2 Å². The number of carbonyl (C=O) groups excluding carboxylic acids is 1. The van der Waals surface area contributed by atoms with Crippen LogP contribution in [0.4, 0.5) is 5.69 Å². The van der Waals surface area contributed by atoms with Gasteiger partial charge in [-0.25, -0.2) is 4.79 Å². The number of rotatable bonds is 4. The van der Waals surface area contributed by atoms with E-state index in [1.807, 2.05) is 0 Å². The summed E-state index contributed by atoms with van der Waals surface area (Å²) in [6, 6.07) is 3.81. The van der Waals surface area contributed by atoms with E-state index in [4.69, 9.17) is 10.8 Å². The topological polar surface area (TPSA) is 113 Å². The molecule has 1 amide bonds. The van der Waals surface area contributed by atoms with Crippen LogP contribution in [0.2, 0.25) is 0 Å². The number of nitrogens with one attached hydrogen (secondary N) is 1. The van der Waals surface area contributed by atoms with Crippen molar-refractivity contribution in [3.63, 3.8) is 0 Å². The van der Waals surface area contributed by atoms with Crippen molar-refractivity contribution in [2.24, 2.45) is 11.7 Å². The number of hydrogen-bond acceptors (Lipinski definition) is 4. The summed E-state index contributed by atoms with van der Waals surface area (Å²) in [5, 5.41) is 20.6. The first kappa shape index (κ1) is 13.0. The van der Waals surface area contributed by atoms with Gasteiger partial charge in [-0.1, -0.05) is 6.92 Å². The van der Waals surface area contributed by atoms with Crippen LogP contribution in [0.5, 0.6) is 5.75 Å². The Kier molecular flexibility index (Phi) is 4.06. The number of aromatic carboxylic acids is 1. The number of phenols is 1. The highest BCUT2D eigenvalue weighted by molar-refractivity contribution is 5.95. The van der Waals surface area contributed by atoms with E-state index in [2.05, 4.69) is 5.32 Å². The Morgan fingerprint density at radius 2 is 2.12 bits per heavy atom. The highest BCUT2D eigenvalue weighted by Gasteiger charge is 2.13. The fraction of sp³-hybridized carbons (Fsp3) is 0.273. The SMILES string of the molecule is CC(CN)C(=O)Nc1ccc(C(=O)O)c(O)c1. The van der Waals surface area contributed by atoms with Crippen LogP contribution in [0.1, 0.15) is 17.3 Å². The van der Waals surface area contributed by atoms with Gasteiger partial charge in [-0.15, -0.1) is 0 Å². The average molecular weight is 238 g/mol. The van der Waals surface area contributed by atoms with E-state index in [0.29, 0.717) is 5.69 Å². The monoisotopic (exact) mass is 238 g/mol. The van der Waals surface area contributed by atoms with E-state index in [0.717, 1.165) is 0 Å². The number of carbonyl (C=O) groups is 2. The molecule has 0 saturated heterocycles. The van der Waals surface area contributed by atoms with Crippen molar-refractivity contribution in [2.75, 3.05) is 11.9 Å². The molecule has 0 radical (unpaired) electrons. The van der Waals surface area contributed by atoms with E-state index in [-0.39, 0.29) is 23.9 Å². The molecule has 6 nitrogen and oxygen atoms in total. The first-order valence-electron chi connectivity index (χ1n) is 5.03. The van der Waals surface area contributed by atoms with Crippen LogP contribution < -0.4 is 11.1 Å². The molecule has 92 valence electrons. The van der Waals surface area contributed by atoms with Gasteiger partial charge in [0.15, 0.2) is 0 Å². The van der Waals surface area contributed by atoms with Gasteiger partial charge in [0.1, 0.15) is 11.3 Å². The Labute approximate surface area is 98.1 Å². The van der Waals surface area contributed by atoms with E-state index in [1.165, 1.54) is 18.2 Å². The van der Waals surface area contributed by atoms with Gasteiger partial charge in [-0.2, -0.15) is 0 Å². The molecule has 1 atom stereocenters. The number of carboxylic acid groups (broad SMARTS) is 1. The normalized spacial score (nSPS) is 11.9. The lowest BCUT2D eigenvalue weighted by Gasteiger charge is -2.10. The molecule has 6 heteroatoms. The average Bonchev–Trinajstić information content (AvgIpc) is 2.27. The number of amides is 1. The van der Waals surface area contributed by atoms with E-state index in [9.17, 15) is 14.7 Å². The molecule has 0 heterocycles. The number of aromatic hydroxyl groups is 1. The molecule has 0 bridgehead atoms. The van der Waals surface area contributed by atoms with E-state index >= 15 is 0 Å². The molecule has 1 aromatic rings. The summed E-state index contributed by atoms with van der Waals surface area (Å²) in [5.74, 6) is -2.25. The second kappa shape index (κ2) is 5.31. The molecular formula is C11H14N2O4. The third-order valence-electron chi connectivity index (χ3n) is 2.30. The zero-order chi connectivity index (χ0) is 13.0. The minimum absolute atomic E-state index is 0.213. The third-order valence-corrected chi connectivity index (χ3v) is 2.30. The Morgan fingerprint density at radius 1 is 1.47 bits per heavy atom. The summed E-state index contributed by atoms with van der Waals surface area (Å²) < 4.78 is 0. The first-order chi connectivity index (χ1) is 7.95. The number of nitrogens with two attached hydrogens (primary N) is 1. The molecule has 0 fully saturated rings. The van der Waals surface area contributed by atoms with E-state index in [1.54, 1.807) is 6.92 Å². The highest BCUT2D eigenvalue weighted by Crippen LogP contribution is 2.22. The Morgan fingerprint density at radius 3 is 2.59 bits per heavy atom. The largest absolute Gasteiger partial charge is 0.507 e. The van der Waals surface area contributed by atoms with Crippen LogP contribution in [0, 0.1) is 5.92 Å². The summed E-state index contributed by atoms with van der Waals surface area (Å²) >= 11 is 0. The summed E-state index contributed by atoms with van der Waals surface area (Å²) in [6.07, 6.45) is 0. The molecule has 1 aromatic carbocycles. The molecular weight excluding hydrogens is 224 g/mol. The number of anilines is 1. The predicted molar refractivity (Wildman–Crippen MR) is 61.9 cm³/mol. The van der Waals surface area contributed by atoms with Gasteiger partial charge in [-0.05, 0) is 12.1 Å². The van der Waals surface area contributed by atoms with Crippen molar-refractivity contribution < 1.29 is 19.8 Å². The summed E-state index contributed by atoms with van der Waals surface area (Å²) in [4.78, 5) is 22.1. The number of benzene rings is 1. The van der Waals surface area contributed by atoms with Crippen LogP contribution in [-0.2, 0) is 4.79 Å². The maximum absolute atomic E-state index is 11.5. The molecule has 0 saturated carbocycles. The Balaban J connectivity index is 2.84. The quantitative estimate of drug-likeness (QED) is 0.614. The van der Waals surface area contributed by atoms with Crippen LogP contribution in [0.15, 0.2) is 18.2 Å². The smallest absolute Gasteiger partial charge is 0.339 e. The third kappa shape index (κ3) is 3.18. The second-order valence-electron chi connectivity index (χ2n) is 3.66. The van der Waals surface area contributed by atoms with Gasteiger partial charge in [0.2, 0.25) is 5.91 Å². The minimum atomic E-state index is -1.23. The standard InChI is InChI=1S/C11H14N2O4/c1-6(5-12)10(15)13-7-2-3-8(11(16)17)9(14)4-7/h2-4,6,14H,5,12H2,1H3,(H,13,15)(H,16,17). The lowest BCUT2D eigenvalue weighted by atomic mass is 10.1. The summed E-state index contributed by atoms with van der Waals surface area (Å²) in [6.45, 7) is 1.88. The molecule has 1 unspecified atom stereocenters. The molecule has 0 aliphatic rings. The lowest BCUT2D eigenvalue weighted by molar-refractivity contribution is -0.119. The fourth-order valence-electron chi connectivity index (χ4n) is 1.16. The van der Waals surface area contributed by atoms with Crippen LogP contribution in [0.3, 0.4) is 0 Å². The minimum Gasteiger partial charge on any atom is -0.507 e. The highest BCUT2D eigenvalue weighted by atomic mass is 16.4. The van der Waals surface area contributed by atoms with Crippen molar-refractivity contribution in [1.82, 2.24) is 0 Å². The van der Waals surface area contributed by atoms with Crippen molar-refractivity contribution >= 4 is 17.6 Å². The van der Waals surface area contributed by atoms with E-state index < -0.39 is 11.7 Å². The summed E-state index contributed by atoms with van der Waals surface area (Å²) in [5.41, 5.74) is 5.45. The summed E-state index contributed by atoms with van der Waals surface area (Å²) in [7, 11) is 0. The van der Waals surface area contributed by atoms with Gasteiger partial charge in [0.25, 0.3) is 0 Å². The second-order valence-corrected chi connectivity index (χ2v) is 3.66. The fourth-order valence-corrected chi connectivity index (χ4v) is 1.16.